The lowest BCUT2D eigenvalue weighted by atomic mass is 10.1. The van der Waals surface area contributed by atoms with E-state index in [-0.39, 0.29) is 11.8 Å². The van der Waals surface area contributed by atoms with Crippen molar-refractivity contribution >= 4 is 22.6 Å². The lowest BCUT2D eigenvalue weighted by molar-refractivity contribution is 0.0928. The maximum absolute atomic E-state index is 12.3. The quantitative estimate of drug-likeness (QED) is 0.446. The number of nitrogens with zero attached hydrogens (tertiary/aromatic N) is 1. The highest BCUT2D eigenvalue weighted by Gasteiger charge is 2.09. The van der Waals surface area contributed by atoms with Crippen molar-refractivity contribution in [2.75, 3.05) is 6.54 Å². The second-order valence-corrected chi connectivity index (χ2v) is 6.18. The first-order valence-electron chi connectivity index (χ1n) is 8.92. The van der Waals surface area contributed by atoms with Crippen LogP contribution < -0.4 is 16.2 Å². The van der Waals surface area contributed by atoms with Crippen LogP contribution in [0.2, 0.25) is 0 Å². The molecule has 0 fully saturated rings. The van der Waals surface area contributed by atoms with E-state index in [1.807, 2.05) is 43.3 Å². The Labute approximate surface area is 158 Å². The zero-order valence-corrected chi connectivity index (χ0v) is 15.2. The number of pyridine rings is 1. The van der Waals surface area contributed by atoms with Crippen molar-refractivity contribution in [3.63, 3.8) is 0 Å². The fraction of sp³-hybridized carbons (Fsp3) is 0.190. The molecule has 138 valence electrons. The summed E-state index contributed by atoms with van der Waals surface area (Å²) in [7, 11) is 0. The summed E-state index contributed by atoms with van der Waals surface area (Å²) in [5, 5.41) is 4.83. The van der Waals surface area contributed by atoms with Gasteiger partial charge in [-0.25, -0.2) is 5.43 Å². The summed E-state index contributed by atoms with van der Waals surface area (Å²) in [6.45, 7) is 3.11. The molecule has 3 aromatic rings. The Bertz CT molecular complexity index is 938. The van der Waals surface area contributed by atoms with Gasteiger partial charge in [-0.2, -0.15) is 0 Å². The van der Waals surface area contributed by atoms with E-state index in [0.717, 1.165) is 29.3 Å². The number of carbonyl (C=O) groups is 2. The van der Waals surface area contributed by atoms with Crippen LogP contribution >= 0.6 is 0 Å². The van der Waals surface area contributed by atoms with Crippen LogP contribution in [0.25, 0.3) is 10.8 Å². The largest absolute Gasteiger partial charge is 0.347 e. The molecule has 0 saturated heterocycles. The molecule has 0 saturated carbocycles. The van der Waals surface area contributed by atoms with Crippen LogP contribution in [0.4, 0.5) is 0 Å². The monoisotopic (exact) mass is 362 g/mol. The lowest BCUT2D eigenvalue weighted by Crippen LogP contribution is -2.37. The summed E-state index contributed by atoms with van der Waals surface area (Å²) in [6.07, 6.45) is 2.63. The predicted octanol–water partition coefficient (Wildman–Crippen LogP) is 2.81. The Balaban J connectivity index is 1.57. The van der Waals surface area contributed by atoms with Gasteiger partial charge >= 0.3 is 0 Å². The van der Waals surface area contributed by atoms with Crippen LogP contribution in [-0.2, 0) is 6.54 Å². The van der Waals surface area contributed by atoms with Crippen LogP contribution in [-0.4, -0.2) is 23.3 Å². The van der Waals surface area contributed by atoms with Crippen molar-refractivity contribution in [2.24, 2.45) is 0 Å². The maximum atomic E-state index is 12.3. The molecular formula is C21H22N4O2. The highest BCUT2D eigenvalue weighted by Crippen LogP contribution is 2.13. The third-order valence-corrected chi connectivity index (χ3v) is 4.11. The third-order valence-electron chi connectivity index (χ3n) is 4.11. The van der Waals surface area contributed by atoms with Gasteiger partial charge < -0.3 is 5.32 Å². The van der Waals surface area contributed by atoms with E-state index in [2.05, 4.69) is 21.2 Å². The first-order valence-corrected chi connectivity index (χ1v) is 8.92. The topological polar surface area (TPSA) is 83.1 Å². The summed E-state index contributed by atoms with van der Waals surface area (Å²) in [5.41, 5.74) is 7.34. The second kappa shape index (κ2) is 8.91. The van der Waals surface area contributed by atoms with E-state index in [1.54, 1.807) is 24.4 Å². The normalized spacial score (nSPS) is 10.6. The maximum Gasteiger partial charge on any atom is 0.270 e. The molecule has 0 spiro atoms. The van der Waals surface area contributed by atoms with E-state index in [0.29, 0.717) is 17.8 Å². The van der Waals surface area contributed by atoms with Crippen molar-refractivity contribution in [2.45, 2.75) is 19.9 Å². The number of nitrogens with one attached hydrogen (secondary N) is 3. The molecule has 0 aliphatic carbocycles. The Morgan fingerprint density at radius 2 is 1.70 bits per heavy atom. The number of amides is 2. The molecule has 0 atom stereocenters. The second-order valence-electron chi connectivity index (χ2n) is 6.18. The molecule has 6 heteroatoms. The van der Waals surface area contributed by atoms with Crippen LogP contribution in [0.3, 0.4) is 0 Å². The number of hydrazine groups is 1. The van der Waals surface area contributed by atoms with Gasteiger partial charge in [0.25, 0.3) is 11.8 Å². The Hall–Kier alpha value is -3.25. The molecule has 27 heavy (non-hydrogen) atoms. The molecule has 0 aliphatic rings. The van der Waals surface area contributed by atoms with Crippen LogP contribution in [0.5, 0.6) is 0 Å². The van der Waals surface area contributed by atoms with Crippen molar-refractivity contribution in [3.8, 4) is 0 Å². The number of hydrogen-bond donors (Lipinski definition) is 3. The van der Waals surface area contributed by atoms with Crippen molar-refractivity contribution in [1.82, 2.24) is 21.2 Å². The Morgan fingerprint density at radius 1 is 0.963 bits per heavy atom. The number of aromatic nitrogens is 1. The lowest BCUT2D eigenvalue weighted by Gasteiger charge is -2.08. The van der Waals surface area contributed by atoms with Crippen LogP contribution in [0.1, 0.15) is 39.8 Å². The molecule has 1 aromatic heterocycles. The molecule has 0 radical (unpaired) electrons. The predicted molar refractivity (Wildman–Crippen MR) is 105 cm³/mol. The number of rotatable bonds is 7. The van der Waals surface area contributed by atoms with Gasteiger partial charge in [-0.1, -0.05) is 43.3 Å². The van der Waals surface area contributed by atoms with E-state index < -0.39 is 0 Å². The standard InChI is InChI=1S/C21H22N4O2/c1-2-11-24-25-20(26)16-9-7-15(8-10-16)13-23-21(27)19-12-17-5-3-4-6-18(17)14-22-19/h3-10,12,14,24H,2,11,13H2,1H3,(H,23,27)(H,25,26). The summed E-state index contributed by atoms with van der Waals surface area (Å²) >= 11 is 0. The molecule has 1 heterocycles. The van der Waals surface area contributed by atoms with Crippen molar-refractivity contribution in [3.05, 3.63) is 77.6 Å². The minimum Gasteiger partial charge on any atom is -0.347 e. The van der Waals surface area contributed by atoms with E-state index in [9.17, 15) is 9.59 Å². The Morgan fingerprint density at radius 3 is 2.44 bits per heavy atom. The summed E-state index contributed by atoms with van der Waals surface area (Å²) in [5.74, 6) is -0.411. The molecule has 2 amide bonds. The van der Waals surface area contributed by atoms with Gasteiger partial charge in [0.15, 0.2) is 0 Å². The third kappa shape index (κ3) is 4.89. The molecule has 0 bridgehead atoms. The highest BCUT2D eigenvalue weighted by molar-refractivity contribution is 5.96. The van der Waals surface area contributed by atoms with Gasteiger partial charge in [0.05, 0.1) is 0 Å². The Kier molecular flexibility index (Phi) is 6.12. The van der Waals surface area contributed by atoms with Gasteiger partial charge in [0, 0.05) is 30.2 Å². The minimum atomic E-state index is -0.230. The first kappa shape index (κ1) is 18.5. The van der Waals surface area contributed by atoms with Crippen molar-refractivity contribution in [1.29, 1.82) is 0 Å². The highest BCUT2D eigenvalue weighted by atomic mass is 16.2. The van der Waals surface area contributed by atoms with Gasteiger partial charge in [0.2, 0.25) is 0 Å². The molecule has 6 nitrogen and oxygen atoms in total. The molecule has 2 aromatic carbocycles. The zero-order valence-electron chi connectivity index (χ0n) is 15.2. The van der Waals surface area contributed by atoms with E-state index in [1.165, 1.54) is 0 Å². The summed E-state index contributed by atoms with van der Waals surface area (Å²) < 4.78 is 0. The van der Waals surface area contributed by atoms with Gasteiger partial charge in [-0.05, 0) is 35.6 Å². The van der Waals surface area contributed by atoms with Gasteiger partial charge in [0.1, 0.15) is 5.69 Å². The van der Waals surface area contributed by atoms with Crippen LogP contribution in [0.15, 0.2) is 60.8 Å². The summed E-state index contributed by atoms with van der Waals surface area (Å²) in [6, 6.07) is 16.7. The van der Waals surface area contributed by atoms with Crippen LogP contribution in [0, 0.1) is 0 Å². The first-order chi connectivity index (χ1) is 13.2. The average Bonchev–Trinajstić information content (AvgIpc) is 2.72. The fourth-order valence-corrected chi connectivity index (χ4v) is 2.59. The van der Waals surface area contributed by atoms with E-state index in [4.69, 9.17) is 0 Å². The molecule has 0 aliphatic heterocycles. The smallest absolute Gasteiger partial charge is 0.270 e. The zero-order chi connectivity index (χ0) is 19.1. The number of benzene rings is 2. The summed E-state index contributed by atoms with van der Waals surface area (Å²) in [4.78, 5) is 28.5. The SMILES string of the molecule is CCCNNC(=O)c1ccc(CNC(=O)c2cc3ccccc3cn2)cc1. The van der Waals surface area contributed by atoms with E-state index >= 15 is 0 Å². The number of carbonyl (C=O) groups excluding carboxylic acids is 2. The molecule has 0 unspecified atom stereocenters. The molecule has 3 N–H and O–H groups in total. The average molecular weight is 362 g/mol. The van der Waals surface area contributed by atoms with Gasteiger partial charge in [-0.3, -0.25) is 20.0 Å². The minimum absolute atomic E-state index is 0.181. The molecular weight excluding hydrogens is 340 g/mol. The van der Waals surface area contributed by atoms with Gasteiger partial charge in [-0.15, -0.1) is 0 Å². The number of fused-ring (bicyclic) bond motifs is 1. The fourth-order valence-electron chi connectivity index (χ4n) is 2.59. The number of hydrogen-bond acceptors (Lipinski definition) is 4. The van der Waals surface area contributed by atoms with Crippen molar-refractivity contribution < 1.29 is 9.59 Å². The molecule has 3 rings (SSSR count).